The van der Waals surface area contributed by atoms with Crippen LogP contribution >= 0.6 is 0 Å². The Morgan fingerprint density at radius 1 is 1.25 bits per heavy atom. The van der Waals surface area contributed by atoms with Crippen LogP contribution in [0, 0.1) is 0 Å². The summed E-state index contributed by atoms with van der Waals surface area (Å²) in [5.41, 5.74) is 1.10. The second-order valence-electron chi connectivity index (χ2n) is 3.95. The summed E-state index contributed by atoms with van der Waals surface area (Å²) >= 11 is 0. The number of Topliss-reactive ketones (excluding diaryl/α,β-unsaturated/α-hetero) is 1. The Morgan fingerprint density at radius 3 is 2.31 bits per heavy atom. The van der Waals surface area contributed by atoms with Gasteiger partial charge >= 0.3 is 0 Å². The Morgan fingerprint density at radius 2 is 1.88 bits per heavy atom. The first-order chi connectivity index (χ1) is 7.72. The molecule has 0 saturated heterocycles. The van der Waals surface area contributed by atoms with Crippen LogP contribution in [0.15, 0.2) is 24.3 Å². The average Bonchev–Trinajstić information content (AvgIpc) is 2.31. The van der Waals surface area contributed by atoms with Crippen molar-refractivity contribution in [3.05, 3.63) is 29.8 Å². The van der Waals surface area contributed by atoms with Gasteiger partial charge in [-0.15, -0.1) is 0 Å². The number of rotatable bonds is 6. The molecular formula is C14H20O2. The summed E-state index contributed by atoms with van der Waals surface area (Å²) in [7, 11) is 1.65. The van der Waals surface area contributed by atoms with E-state index in [-0.39, 0.29) is 5.92 Å². The standard InChI is InChI=1S/C14H20O2/c1-4-6-14(15)13(5-2)11-7-9-12(16-3)10-8-11/h7-10,13H,4-6H2,1-3H3/t13-/m1/s1. The van der Waals surface area contributed by atoms with Gasteiger partial charge in [-0.3, -0.25) is 4.79 Å². The Labute approximate surface area is 97.6 Å². The largest absolute Gasteiger partial charge is 0.497 e. The topological polar surface area (TPSA) is 26.3 Å². The van der Waals surface area contributed by atoms with Gasteiger partial charge in [-0.2, -0.15) is 0 Å². The lowest BCUT2D eigenvalue weighted by Gasteiger charge is -2.14. The van der Waals surface area contributed by atoms with Crippen LogP contribution in [0.2, 0.25) is 0 Å². The Balaban J connectivity index is 2.82. The van der Waals surface area contributed by atoms with Gasteiger partial charge in [0, 0.05) is 12.3 Å². The van der Waals surface area contributed by atoms with Gasteiger partial charge in [-0.25, -0.2) is 0 Å². The molecular weight excluding hydrogens is 200 g/mol. The molecule has 1 atom stereocenters. The average molecular weight is 220 g/mol. The molecule has 0 fully saturated rings. The molecule has 0 aliphatic carbocycles. The van der Waals surface area contributed by atoms with E-state index in [1.54, 1.807) is 7.11 Å². The molecule has 2 heteroatoms. The molecule has 1 aromatic rings. The maximum absolute atomic E-state index is 11.9. The summed E-state index contributed by atoms with van der Waals surface area (Å²) in [5, 5.41) is 0. The predicted octanol–water partition coefficient (Wildman–Crippen LogP) is 3.56. The fraction of sp³-hybridized carbons (Fsp3) is 0.500. The summed E-state index contributed by atoms with van der Waals surface area (Å²) in [4.78, 5) is 11.9. The minimum atomic E-state index is 0.0471. The van der Waals surface area contributed by atoms with Crippen LogP contribution in [0.4, 0.5) is 0 Å². The van der Waals surface area contributed by atoms with E-state index in [1.807, 2.05) is 31.2 Å². The van der Waals surface area contributed by atoms with Crippen molar-refractivity contribution in [1.82, 2.24) is 0 Å². The molecule has 0 aromatic heterocycles. The van der Waals surface area contributed by atoms with Crippen molar-refractivity contribution in [1.29, 1.82) is 0 Å². The van der Waals surface area contributed by atoms with E-state index in [9.17, 15) is 4.79 Å². The minimum absolute atomic E-state index is 0.0471. The number of benzene rings is 1. The van der Waals surface area contributed by atoms with Crippen LogP contribution in [0.5, 0.6) is 5.75 Å². The first-order valence-corrected chi connectivity index (χ1v) is 5.89. The van der Waals surface area contributed by atoms with E-state index in [2.05, 4.69) is 6.92 Å². The number of carbonyl (C=O) groups excluding carboxylic acids is 1. The molecule has 0 radical (unpaired) electrons. The van der Waals surface area contributed by atoms with Gasteiger partial charge in [0.05, 0.1) is 7.11 Å². The molecule has 0 bridgehead atoms. The number of carbonyl (C=O) groups is 1. The molecule has 88 valence electrons. The zero-order chi connectivity index (χ0) is 12.0. The van der Waals surface area contributed by atoms with Crippen molar-refractivity contribution in [2.45, 2.75) is 39.0 Å². The second-order valence-corrected chi connectivity index (χ2v) is 3.95. The highest BCUT2D eigenvalue weighted by Gasteiger charge is 2.17. The maximum Gasteiger partial charge on any atom is 0.140 e. The lowest BCUT2D eigenvalue weighted by Crippen LogP contribution is -2.11. The number of ketones is 1. The molecule has 0 unspecified atom stereocenters. The Bertz CT molecular complexity index is 327. The van der Waals surface area contributed by atoms with Gasteiger partial charge in [0.2, 0.25) is 0 Å². The van der Waals surface area contributed by atoms with Crippen molar-refractivity contribution in [3.63, 3.8) is 0 Å². The van der Waals surface area contributed by atoms with Gasteiger partial charge in [0.15, 0.2) is 0 Å². The third-order valence-corrected chi connectivity index (χ3v) is 2.81. The van der Waals surface area contributed by atoms with E-state index < -0.39 is 0 Å². The summed E-state index contributed by atoms with van der Waals surface area (Å²) in [6.45, 7) is 4.10. The molecule has 16 heavy (non-hydrogen) atoms. The summed E-state index contributed by atoms with van der Waals surface area (Å²) in [6.07, 6.45) is 2.46. The Hall–Kier alpha value is -1.31. The van der Waals surface area contributed by atoms with Crippen molar-refractivity contribution in [3.8, 4) is 5.75 Å². The third-order valence-electron chi connectivity index (χ3n) is 2.81. The number of ether oxygens (including phenoxy) is 1. The monoisotopic (exact) mass is 220 g/mol. The van der Waals surface area contributed by atoms with E-state index in [0.29, 0.717) is 12.2 Å². The summed E-state index contributed by atoms with van der Waals surface area (Å²) in [5.74, 6) is 1.22. The summed E-state index contributed by atoms with van der Waals surface area (Å²) in [6, 6.07) is 7.80. The van der Waals surface area contributed by atoms with E-state index in [4.69, 9.17) is 4.74 Å². The SMILES string of the molecule is CCCC(=O)[C@H](CC)c1ccc(OC)cc1. The van der Waals surface area contributed by atoms with E-state index in [1.165, 1.54) is 0 Å². The maximum atomic E-state index is 11.9. The molecule has 2 nitrogen and oxygen atoms in total. The minimum Gasteiger partial charge on any atom is -0.497 e. The van der Waals surface area contributed by atoms with Gasteiger partial charge in [0.25, 0.3) is 0 Å². The van der Waals surface area contributed by atoms with Crippen molar-refractivity contribution < 1.29 is 9.53 Å². The van der Waals surface area contributed by atoms with E-state index in [0.717, 1.165) is 24.2 Å². The lowest BCUT2D eigenvalue weighted by atomic mass is 9.90. The van der Waals surface area contributed by atoms with Crippen LogP contribution in [-0.4, -0.2) is 12.9 Å². The smallest absolute Gasteiger partial charge is 0.140 e. The van der Waals surface area contributed by atoms with Gasteiger partial charge in [-0.05, 0) is 30.5 Å². The third kappa shape index (κ3) is 3.09. The number of hydrogen-bond acceptors (Lipinski definition) is 2. The van der Waals surface area contributed by atoms with Gasteiger partial charge in [-0.1, -0.05) is 26.0 Å². The highest BCUT2D eigenvalue weighted by atomic mass is 16.5. The van der Waals surface area contributed by atoms with Gasteiger partial charge in [0.1, 0.15) is 11.5 Å². The fourth-order valence-corrected chi connectivity index (χ4v) is 1.91. The fourth-order valence-electron chi connectivity index (χ4n) is 1.91. The highest BCUT2D eigenvalue weighted by Crippen LogP contribution is 2.24. The summed E-state index contributed by atoms with van der Waals surface area (Å²) < 4.78 is 5.11. The van der Waals surface area contributed by atoms with Crippen molar-refractivity contribution >= 4 is 5.78 Å². The first-order valence-electron chi connectivity index (χ1n) is 5.89. The predicted molar refractivity (Wildman–Crippen MR) is 65.9 cm³/mol. The lowest BCUT2D eigenvalue weighted by molar-refractivity contribution is -0.120. The number of methoxy groups -OCH3 is 1. The van der Waals surface area contributed by atoms with Crippen LogP contribution in [0.3, 0.4) is 0 Å². The van der Waals surface area contributed by atoms with Crippen molar-refractivity contribution in [2.24, 2.45) is 0 Å². The zero-order valence-corrected chi connectivity index (χ0v) is 10.3. The normalized spacial score (nSPS) is 12.2. The molecule has 1 aromatic carbocycles. The highest BCUT2D eigenvalue weighted by molar-refractivity contribution is 5.85. The molecule has 0 aliphatic rings. The quantitative estimate of drug-likeness (QED) is 0.732. The van der Waals surface area contributed by atoms with Crippen molar-refractivity contribution in [2.75, 3.05) is 7.11 Å². The zero-order valence-electron chi connectivity index (χ0n) is 10.3. The number of hydrogen-bond donors (Lipinski definition) is 0. The first kappa shape index (κ1) is 12.8. The molecule has 0 aliphatic heterocycles. The van der Waals surface area contributed by atoms with Gasteiger partial charge < -0.3 is 4.74 Å². The van der Waals surface area contributed by atoms with Crippen LogP contribution in [0.25, 0.3) is 0 Å². The molecule has 1 rings (SSSR count). The second kappa shape index (κ2) is 6.31. The molecule has 0 heterocycles. The van der Waals surface area contributed by atoms with Crippen LogP contribution in [0.1, 0.15) is 44.6 Å². The van der Waals surface area contributed by atoms with Crippen LogP contribution < -0.4 is 4.74 Å². The molecule has 0 saturated carbocycles. The Kier molecular flexibility index (Phi) is 5.03. The molecule has 0 spiro atoms. The van der Waals surface area contributed by atoms with Crippen LogP contribution in [-0.2, 0) is 4.79 Å². The van der Waals surface area contributed by atoms with E-state index >= 15 is 0 Å². The molecule has 0 amide bonds. The molecule has 0 N–H and O–H groups in total.